The Bertz CT molecular complexity index is 460. The largest absolute Gasteiger partial charge is 0.259 e. The molecule has 0 amide bonds. The smallest absolute Gasteiger partial charge is 0.253 e. The van der Waals surface area contributed by atoms with E-state index in [-0.39, 0.29) is 0 Å². The first-order valence-electron chi connectivity index (χ1n) is 5.46. The van der Waals surface area contributed by atoms with Crippen molar-refractivity contribution in [1.82, 2.24) is 14.1 Å². The maximum Gasteiger partial charge on any atom is 0.259 e. The van der Waals surface area contributed by atoms with Crippen molar-refractivity contribution in [2.24, 2.45) is 5.92 Å². The van der Waals surface area contributed by atoms with Crippen LogP contribution in [0.2, 0.25) is 0 Å². The summed E-state index contributed by atoms with van der Waals surface area (Å²) in [5.41, 5.74) is 0. The number of hydrogen-bond acceptors (Lipinski definition) is 3. The van der Waals surface area contributed by atoms with Crippen molar-refractivity contribution < 1.29 is 8.42 Å². The Labute approximate surface area is 96.1 Å². The van der Waals surface area contributed by atoms with Gasteiger partial charge in [-0.1, -0.05) is 6.42 Å². The van der Waals surface area contributed by atoms with E-state index in [2.05, 4.69) is 5.10 Å². The standard InChI is InChI=1S/C10H17N3O2S/c1-12(2)16(14,15)10-6-7-11-13(10)8-9-4-3-5-9/h6-7,9H,3-5,8H2,1-2H3. The third-order valence-electron chi connectivity index (χ3n) is 3.08. The quantitative estimate of drug-likeness (QED) is 0.790. The van der Waals surface area contributed by atoms with Crippen LogP contribution in [0.15, 0.2) is 17.3 Å². The van der Waals surface area contributed by atoms with Gasteiger partial charge in [0, 0.05) is 20.6 Å². The number of sulfonamides is 1. The van der Waals surface area contributed by atoms with Gasteiger partial charge in [0.25, 0.3) is 10.0 Å². The molecule has 0 unspecified atom stereocenters. The highest BCUT2D eigenvalue weighted by atomic mass is 32.2. The van der Waals surface area contributed by atoms with E-state index in [1.165, 1.54) is 37.7 Å². The zero-order chi connectivity index (χ0) is 11.8. The molecule has 0 saturated heterocycles. The first kappa shape index (κ1) is 11.6. The molecular formula is C10H17N3O2S. The molecule has 0 aliphatic heterocycles. The molecule has 1 heterocycles. The van der Waals surface area contributed by atoms with Crippen molar-refractivity contribution in [3.05, 3.63) is 12.3 Å². The highest BCUT2D eigenvalue weighted by Gasteiger charge is 2.25. The molecule has 6 heteroatoms. The Kier molecular flexibility index (Phi) is 3.03. The van der Waals surface area contributed by atoms with Crippen LogP contribution in [0.1, 0.15) is 19.3 Å². The molecule has 1 fully saturated rings. The second kappa shape index (κ2) is 4.18. The molecule has 0 aromatic carbocycles. The van der Waals surface area contributed by atoms with Crippen LogP contribution in [0.25, 0.3) is 0 Å². The molecule has 1 aliphatic carbocycles. The van der Waals surface area contributed by atoms with Crippen molar-refractivity contribution in [1.29, 1.82) is 0 Å². The fourth-order valence-electron chi connectivity index (χ4n) is 1.78. The third-order valence-corrected chi connectivity index (χ3v) is 4.92. The summed E-state index contributed by atoms with van der Waals surface area (Å²) in [6.07, 6.45) is 5.17. The summed E-state index contributed by atoms with van der Waals surface area (Å²) in [6.45, 7) is 0.718. The zero-order valence-corrected chi connectivity index (χ0v) is 10.4. The highest BCUT2D eigenvalue weighted by molar-refractivity contribution is 7.89. The Morgan fingerprint density at radius 1 is 1.50 bits per heavy atom. The molecule has 0 atom stereocenters. The van der Waals surface area contributed by atoms with Crippen LogP contribution in [0.3, 0.4) is 0 Å². The lowest BCUT2D eigenvalue weighted by molar-refractivity contribution is 0.257. The summed E-state index contributed by atoms with van der Waals surface area (Å²) < 4.78 is 26.8. The fraction of sp³-hybridized carbons (Fsp3) is 0.700. The molecule has 5 nitrogen and oxygen atoms in total. The van der Waals surface area contributed by atoms with E-state index in [4.69, 9.17) is 0 Å². The second-order valence-electron chi connectivity index (χ2n) is 4.44. The molecule has 0 spiro atoms. The molecule has 0 radical (unpaired) electrons. The van der Waals surface area contributed by atoms with E-state index in [0.29, 0.717) is 10.9 Å². The minimum Gasteiger partial charge on any atom is -0.253 e. The first-order valence-corrected chi connectivity index (χ1v) is 6.90. The van der Waals surface area contributed by atoms with Crippen molar-refractivity contribution in [2.45, 2.75) is 30.8 Å². The van der Waals surface area contributed by atoms with Gasteiger partial charge in [-0.05, 0) is 24.8 Å². The maximum absolute atomic E-state index is 12.0. The van der Waals surface area contributed by atoms with Crippen molar-refractivity contribution >= 4 is 10.0 Å². The highest BCUT2D eigenvalue weighted by Crippen LogP contribution is 2.28. The molecule has 2 rings (SSSR count). The van der Waals surface area contributed by atoms with E-state index < -0.39 is 10.0 Å². The van der Waals surface area contributed by atoms with Gasteiger partial charge in [-0.25, -0.2) is 12.7 Å². The topological polar surface area (TPSA) is 55.2 Å². The SMILES string of the molecule is CN(C)S(=O)(=O)c1ccnn1CC1CCC1. The average molecular weight is 243 g/mol. The molecule has 1 aromatic heterocycles. The Morgan fingerprint density at radius 2 is 2.19 bits per heavy atom. The van der Waals surface area contributed by atoms with Crippen LogP contribution in [0.4, 0.5) is 0 Å². The van der Waals surface area contributed by atoms with Gasteiger partial charge in [0.1, 0.15) is 0 Å². The summed E-state index contributed by atoms with van der Waals surface area (Å²) in [7, 11) is -0.285. The lowest BCUT2D eigenvalue weighted by Gasteiger charge is -2.26. The Morgan fingerprint density at radius 3 is 2.69 bits per heavy atom. The fourth-order valence-corrected chi connectivity index (χ4v) is 2.78. The third kappa shape index (κ3) is 1.99. The molecule has 1 aromatic rings. The number of hydrogen-bond donors (Lipinski definition) is 0. The number of rotatable bonds is 4. The van der Waals surface area contributed by atoms with Crippen LogP contribution in [0.5, 0.6) is 0 Å². The van der Waals surface area contributed by atoms with E-state index in [0.717, 1.165) is 6.54 Å². The van der Waals surface area contributed by atoms with Gasteiger partial charge in [-0.3, -0.25) is 4.68 Å². The summed E-state index contributed by atoms with van der Waals surface area (Å²) in [5.74, 6) is 0.594. The minimum atomic E-state index is -3.36. The summed E-state index contributed by atoms with van der Waals surface area (Å²) in [6, 6.07) is 1.56. The summed E-state index contributed by atoms with van der Waals surface area (Å²) >= 11 is 0. The molecule has 16 heavy (non-hydrogen) atoms. The second-order valence-corrected chi connectivity index (χ2v) is 6.53. The predicted octanol–water partition coefficient (Wildman–Crippen LogP) is 0.933. The van der Waals surface area contributed by atoms with Crippen molar-refractivity contribution in [3.63, 3.8) is 0 Å². The van der Waals surface area contributed by atoms with Crippen LogP contribution in [-0.4, -0.2) is 36.6 Å². The normalized spacial score (nSPS) is 17.7. The van der Waals surface area contributed by atoms with Gasteiger partial charge in [-0.2, -0.15) is 5.10 Å². The first-order chi connectivity index (χ1) is 7.51. The lowest BCUT2D eigenvalue weighted by Crippen LogP contribution is -2.27. The molecule has 0 N–H and O–H groups in total. The van der Waals surface area contributed by atoms with E-state index in [9.17, 15) is 8.42 Å². The van der Waals surface area contributed by atoms with Crippen LogP contribution >= 0.6 is 0 Å². The van der Waals surface area contributed by atoms with Crippen LogP contribution in [-0.2, 0) is 16.6 Å². The molecule has 1 saturated carbocycles. The van der Waals surface area contributed by atoms with E-state index >= 15 is 0 Å². The maximum atomic E-state index is 12.0. The van der Waals surface area contributed by atoms with Gasteiger partial charge in [-0.15, -0.1) is 0 Å². The average Bonchev–Trinajstić information content (AvgIpc) is 2.59. The summed E-state index contributed by atoms with van der Waals surface area (Å²) in [4.78, 5) is 0. The molecule has 1 aliphatic rings. The van der Waals surface area contributed by atoms with Crippen molar-refractivity contribution in [3.8, 4) is 0 Å². The van der Waals surface area contributed by atoms with Gasteiger partial charge in [0.2, 0.25) is 0 Å². The lowest BCUT2D eigenvalue weighted by atomic mass is 9.85. The number of nitrogens with zero attached hydrogens (tertiary/aromatic N) is 3. The van der Waals surface area contributed by atoms with E-state index in [1.54, 1.807) is 16.9 Å². The van der Waals surface area contributed by atoms with E-state index in [1.807, 2.05) is 0 Å². The zero-order valence-electron chi connectivity index (χ0n) is 9.63. The van der Waals surface area contributed by atoms with Gasteiger partial charge in [0.15, 0.2) is 5.03 Å². The minimum absolute atomic E-state index is 0.296. The van der Waals surface area contributed by atoms with Crippen LogP contribution < -0.4 is 0 Å². The monoisotopic (exact) mass is 243 g/mol. The van der Waals surface area contributed by atoms with Gasteiger partial charge >= 0.3 is 0 Å². The Hall–Kier alpha value is -0.880. The van der Waals surface area contributed by atoms with Gasteiger partial charge in [0.05, 0.1) is 6.20 Å². The van der Waals surface area contributed by atoms with Gasteiger partial charge < -0.3 is 0 Å². The Balaban J connectivity index is 2.24. The molecule has 0 bridgehead atoms. The molecular weight excluding hydrogens is 226 g/mol. The van der Waals surface area contributed by atoms with Crippen molar-refractivity contribution in [2.75, 3.05) is 14.1 Å². The number of aromatic nitrogens is 2. The van der Waals surface area contributed by atoms with Crippen LogP contribution in [0, 0.1) is 5.92 Å². The molecule has 90 valence electrons. The summed E-state index contributed by atoms with van der Waals surface area (Å²) in [5, 5.41) is 4.39. The predicted molar refractivity (Wildman–Crippen MR) is 60.4 cm³/mol.